The number of aromatic nitrogens is 4. The first-order chi connectivity index (χ1) is 12.0. The Bertz CT molecular complexity index is 932. The average Bonchev–Trinajstić information content (AvgIpc) is 3.01. The maximum Gasteiger partial charge on any atom is 0.262 e. The molecule has 0 fully saturated rings. The fourth-order valence-corrected chi connectivity index (χ4v) is 3.47. The predicted octanol–water partition coefficient (Wildman–Crippen LogP) is 3.99. The maximum atomic E-state index is 12.9. The topological polar surface area (TPSA) is 73.8 Å². The van der Waals surface area contributed by atoms with Gasteiger partial charge in [0.2, 0.25) is 11.8 Å². The molecule has 0 saturated heterocycles. The van der Waals surface area contributed by atoms with Crippen LogP contribution >= 0.6 is 11.8 Å². The minimum Gasteiger partial charge on any atom is -0.424 e. The predicted molar refractivity (Wildman–Crippen MR) is 98.8 cm³/mol. The van der Waals surface area contributed by atoms with Crippen molar-refractivity contribution in [2.45, 2.75) is 51.1 Å². The summed E-state index contributed by atoms with van der Waals surface area (Å²) in [6.07, 6.45) is 0.918. The van der Waals surface area contributed by atoms with Gasteiger partial charge >= 0.3 is 0 Å². The number of rotatable bonds is 6. The molecule has 0 spiro atoms. The molecule has 0 aliphatic rings. The van der Waals surface area contributed by atoms with Crippen LogP contribution in [0.4, 0.5) is 0 Å². The van der Waals surface area contributed by atoms with Crippen molar-refractivity contribution in [1.29, 1.82) is 0 Å². The largest absolute Gasteiger partial charge is 0.424 e. The Kier molecular flexibility index (Phi) is 5.22. The minimum absolute atomic E-state index is 0.00246. The van der Waals surface area contributed by atoms with Crippen LogP contribution in [0.2, 0.25) is 0 Å². The van der Waals surface area contributed by atoms with Crippen LogP contribution in [0, 0.1) is 12.8 Å². The highest BCUT2D eigenvalue weighted by molar-refractivity contribution is 7.99. The Hall–Kier alpha value is -2.15. The standard InChI is InChI=1S/C18H22N4O2S/c1-11(2)9-10-22-17(23)14-7-5-6-8-15(14)19-18(22)25-12(3)16-21-20-13(4)24-16/h5-8,11-12H,9-10H2,1-4H3. The van der Waals surface area contributed by atoms with Gasteiger partial charge < -0.3 is 4.42 Å². The van der Waals surface area contributed by atoms with E-state index in [-0.39, 0.29) is 10.8 Å². The lowest BCUT2D eigenvalue weighted by Crippen LogP contribution is -2.24. The van der Waals surface area contributed by atoms with Crippen molar-refractivity contribution in [3.05, 3.63) is 46.4 Å². The molecule has 3 aromatic rings. The fourth-order valence-electron chi connectivity index (χ4n) is 2.51. The fraction of sp³-hybridized carbons (Fsp3) is 0.444. The van der Waals surface area contributed by atoms with Gasteiger partial charge in [-0.2, -0.15) is 0 Å². The van der Waals surface area contributed by atoms with Crippen molar-refractivity contribution in [3.8, 4) is 0 Å². The van der Waals surface area contributed by atoms with E-state index in [9.17, 15) is 4.79 Å². The van der Waals surface area contributed by atoms with Gasteiger partial charge in [-0.05, 0) is 31.4 Å². The van der Waals surface area contributed by atoms with Crippen LogP contribution in [0.5, 0.6) is 0 Å². The molecule has 2 aromatic heterocycles. The molecule has 7 heteroatoms. The van der Waals surface area contributed by atoms with Crippen LogP contribution < -0.4 is 5.56 Å². The van der Waals surface area contributed by atoms with Gasteiger partial charge in [0, 0.05) is 13.5 Å². The molecule has 132 valence electrons. The zero-order chi connectivity index (χ0) is 18.0. The third-order valence-electron chi connectivity index (χ3n) is 3.93. The van der Waals surface area contributed by atoms with Gasteiger partial charge in [-0.25, -0.2) is 4.98 Å². The zero-order valence-electron chi connectivity index (χ0n) is 14.9. The number of hydrogen-bond donors (Lipinski definition) is 0. The highest BCUT2D eigenvalue weighted by atomic mass is 32.2. The van der Waals surface area contributed by atoms with Crippen LogP contribution in [0.1, 0.15) is 44.2 Å². The second kappa shape index (κ2) is 7.39. The number of aryl methyl sites for hydroxylation is 1. The third kappa shape index (κ3) is 3.92. The van der Waals surface area contributed by atoms with Crippen molar-refractivity contribution in [2.75, 3.05) is 0 Å². The molecule has 1 aromatic carbocycles. The van der Waals surface area contributed by atoms with Gasteiger partial charge in [0.1, 0.15) is 0 Å². The van der Waals surface area contributed by atoms with Crippen LogP contribution in [0.3, 0.4) is 0 Å². The van der Waals surface area contributed by atoms with Gasteiger partial charge in [-0.15, -0.1) is 10.2 Å². The molecule has 2 heterocycles. The second-order valence-corrected chi connectivity index (χ2v) is 7.78. The van der Waals surface area contributed by atoms with Crippen molar-refractivity contribution >= 4 is 22.7 Å². The van der Waals surface area contributed by atoms with E-state index in [0.29, 0.717) is 40.3 Å². The van der Waals surface area contributed by atoms with Crippen molar-refractivity contribution < 1.29 is 4.42 Å². The van der Waals surface area contributed by atoms with Crippen LogP contribution in [-0.2, 0) is 6.54 Å². The van der Waals surface area contributed by atoms with Gasteiger partial charge in [0.15, 0.2) is 5.16 Å². The van der Waals surface area contributed by atoms with E-state index in [1.807, 2.05) is 31.2 Å². The van der Waals surface area contributed by atoms with Crippen LogP contribution in [0.15, 0.2) is 38.6 Å². The number of para-hydroxylation sites is 1. The molecule has 0 amide bonds. The summed E-state index contributed by atoms with van der Waals surface area (Å²) in [5, 5.41) is 9.21. The summed E-state index contributed by atoms with van der Waals surface area (Å²) in [7, 11) is 0. The molecule has 0 aliphatic heterocycles. The zero-order valence-corrected chi connectivity index (χ0v) is 15.7. The molecule has 0 aliphatic carbocycles. The molecular weight excluding hydrogens is 336 g/mol. The van der Waals surface area contributed by atoms with E-state index in [0.717, 1.165) is 6.42 Å². The first-order valence-electron chi connectivity index (χ1n) is 8.42. The first kappa shape index (κ1) is 17.7. The van der Waals surface area contributed by atoms with Crippen molar-refractivity contribution in [1.82, 2.24) is 19.7 Å². The Labute approximate surface area is 150 Å². The summed E-state index contributed by atoms with van der Waals surface area (Å²) in [4.78, 5) is 17.7. The number of hydrogen-bond acceptors (Lipinski definition) is 6. The summed E-state index contributed by atoms with van der Waals surface area (Å²) < 4.78 is 7.29. The number of benzene rings is 1. The molecule has 0 saturated carbocycles. The highest BCUT2D eigenvalue weighted by Gasteiger charge is 2.19. The van der Waals surface area contributed by atoms with Gasteiger partial charge in [0.25, 0.3) is 5.56 Å². The van der Waals surface area contributed by atoms with Gasteiger partial charge in [-0.3, -0.25) is 9.36 Å². The van der Waals surface area contributed by atoms with E-state index in [1.54, 1.807) is 11.5 Å². The first-order valence-corrected chi connectivity index (χ1v) is 9.30. The summed E-state index contributed by atoms with van der Waals surface area (Å²) in [6, 6.07) is 7.46. The Morgan fingerprint density at radius 1 is 1.20 bits per heavy atom. The minimum atomic E-state index is -0.0837. The number of thioether (sulfide) groups is 1. The van der Waals surface area contributed by atoms with E-state index in [2.05, 4.69) is 24.0 Å². The smallest absolute Gasteiger partial charge is 0.262 e. The quantitative estimate of drug-likeness (QED) is 0.490. The second-order valence-electron chi connectivity index (χ2n) is 6.47. The lowest BCUT2D eigenvalue weighted by atomic mass is 10.1. The van der Waals surface area contributed by atoms with E-state index >= 15 is 0 Å². The number of nitrogens with zero attached hydrogens (tertiary/aromatic N) is 4. The molecule has 1 atom stereocenters. The maximum absolute atomic E-state index is 12.9. The molecule has 3 rings (SSSR count). The molecular formula is C18H22N4O2S. The Balaban J connectivity index is 2.01. The third-order valence-corrected chi connectivity index (χ3v) is 5.01. The Morgan fingerprint density at radius 3 is 2.64 bits per heavy atom. The monoisotopic (exact) mass is 358 g/mol. The molecule has 0 radical (unpaired) electrons. The van der Waals surface area contributed by atoms with Crippen molar-refractivity contribution in [2.24, 2.45) is 5.92 Å². The summed E-state index contributed by atoms with van der Waals surface area (Å²) in [5.41, 5.74) is 0.715. The van der Waals surface area contributed by atoms with E-state index in [1.165, 1.54) is 11.8 Å². The molecule has 0 bridgehead atoms. The van der Waals surface area contributed by atoms with E-state index in [4.69, 9.17) is 9.40 Å². The van der Waals surface area contributed by atoms with Crippen LogP contribution in [0.25, 0.3) is 10.9 Å². The van der Waals surface area contributed by atoms with E-state index < -0.39 is 0 Å². The molecule has 0 N–H and O–H groups in total. The summed E-state index contributed by atoms with van der Waals surface area (Å²) in [6.45, 7) is 8.69. The summed E-state index contributed by atoms with van der Waals surface area (Å²) in [5.74, 6) is 1.58. The molecule has 6 nitrogen and oxygen atoms in total. The molecule has 25 heavy (non-hydrogen) atoms. The molecule has 1 unspecified atom stereocenters. The lowest BCUT2D eigenvalue weighted by Gasteiger charge is -2.15. The summed E-state index contributed by atoms with van der Waals surface area (Å²) >= 11 is 1.47. The SMILES string of the molecule is Cc1nnc(C(C)Sc2nc3ccccc3c(=O)n2CCC(C)C)o1. The van der Waals surface area contributed by atoms with Gasteiger partial charge in [-0.1, -0.05) is 37.7 Å². The van der Waals surface area contributed by atoms with Gasteiger partial charge in [0.05, 0.1) is 16.2 Å². The van der Waals surface area contributed by atoms with Crippen LogP contribution in [-0.4, -0.2) is 19.7 Å². The normalized spacial score (nSPS) is 12.8. The van der Waals surface area contributed by atoms with Crippen molar-refractivity contribution in [3.63, 3.8) is 0 Å². The average molecular weight is 358 g/mol. The number of fused-ring (bicyclic) bond motifs is 1. The Morgan fingerprint density at radius 2 is 1.96 bits per heavy atom. The lowest BCUT2D eigenvalue weighted by molar-refractivity contribution is 0.466. The highest BCUT2D eigenvalue weighted by Crippen LogP contribution is 2.33.